The lowest BCUT2D eigenvalue weighted by Gasteiger charge is -2.09. The number of aryl methyl sites for hydroxylation is 1. The molecular formula is C14H13ClN2O2. The van der Waals surface area contributed by atoms with Gasteiger partial charge >= 0.3 is 0 Å². The van der Waals surface area contributed by atoms with Crippen LogP contribution in [0.2, 0.25) is 5.02 Å². The van der Waals surface area contributed by atoms with Crippen LogP contribution in [0, 0.1) is 0 Å². The van der Waals surface area contributed by atoms with Gasteiger partial charge < -0.3 is 10.3 Å². The molecule has 5 heteroatoms. The summed E-state index contributed by atoms with van der Waals surface area (Å²) in [5, 5.41) is 2.80. The second kappa shape index (κ2) is 5.71. The van der Waals surface area contributed by atoms with Gasteiger partial charge in [-0.1, -0.05) is 36.7 Å². The van der Waals surface area contributed by atoms with Gasteiger partial charge in [0, 0.05) is 11.9 Å². The minimum absolute atomic E-state index is 0.00331. The van der Waals surface area contributed by atoms with Crippen LogP contribution in [0.5, 0.6) is 0 Å². The van der Waals surface area contributed by atoms with Crippen molar-refractivity contribution < 1.29 is 4.79 Å². The van der Waals surface area contributed by atoms with Crippen molar-refractivity contribution in [2.24, 2.45) is 0 Å². The quantitative estimate of drug-likeness (QED) is 0.905. The fraction of sp³-hybridized carbons (Fsp3) is 0.143. The standard InChI is InChI=1S/C14H13ClN2O2/c1-2-9-5-3-4-6-12(9)17-13(18)10-7-11(15)14(19)16-8-10/h3-8H,2H2,1H3,(H,16,19)(H,17,18). The zero-order valence-corrected chi connectivity index (χ0v) is 11.1. The summed E-state index contributed by atoms with van der Waals surface area (Å²) in [5.41, 5.74) is 1.71. The van der Waals surface area contributed by atoms with Crippen molar-refractivity contribution >= 4 is 23.2 Å². The van der Waals surface area contributed by atoms with Gasteiger partial charge in [0.2, 0.25) is 0 Å². The van der Waals surface area contributed by atoms with Crippen molar-refractivity contribution in [3.05, 3.63) is 63.0 Å². The maximum Gasteiger partial charge on any atom is 0.266 e. The van der Waals surface area contributed by atoms with Crippen molar-refractivity contribution in [1.29, 1.82) is 0 Å². The highest BCUT2D eigenvalue weighted by atomic mass is 35.5. The molecule has 0 fully saturated rings. The topological polar surface area (TPSA) is 62.0 Å². The zero-order valence-electron chi connectivity index (χ0n) is 10.4. The number of benzene rings is 1. The first-order valence-electron chi connectivity index (χ1n) is 5.89. The van der Waals surface area contributed by atoms with Crippen molar-refractivity contribution in [1.82, 2.24) is 4.98 Å². The number of anilines is 1. The first-order chi connectivity index (χ1) is 9.11. The summed E-state index contributed by atoms with van der Waals surface area (Å²) in [6, 6.07) is 8.92. The summed E-state index contributed by atoms with van der Waals surface area (Å²) >= 11 is 5.70. The summed E-state index contributed by atoms with van der Waals surface area (Å²) in [5.74, 6) is -0.306. The molecule has 0 radical (unpaired) electrons. The minimum atomic E-state index is -0.410. The van der Waals surface area contributed by atoms with Crippen LogP contribution in [-0.4, -0.2) is 10.9 Å². The number of aromatic amines is 1. The Hall–Kier alpha value is -2.07. The predicted molar refractivity (Wildman–Crippen MR) is 75.8 cm³/mol. The van der Waals surface area contributed by atoms with Crippen LogP contribution in [-0.2, 0) is 6.42 Å². The van der Waals surface area contributed by atoms with E-state index in [0.29, 0.717) is 5.56 Å². The Morgan fingerprint density at radius 3 is 2.79 bits per heavy atom. The van der Waals surface area contributed by atoms with E-state index < -0.39 is 5.56 Å². The van der Waals surface area contributed by atoms with Gasteiger partial charge in [0.25, 0.3) is 11.5 Å². The molecule has 1 aromatic heterocycles. The molecule has 0 spiro atoms. The van der Waals surface area contributed by atoms with Crippen LogP contribution in [0.3, 0.4) is 0 Å². The highest BCUT2D eigenvalue weighted by Gasteiger charge is 2.10. The van der Waals surface area contributed by atoms with Gasteiger partial charge in [0.1, 0.15) is 5.02 Å². The Labute approximate surface area is 115 Å². The number of carbonyl (C=O) groups is 1. The number of nitrogens with one attached hydrogen (secondary N) is 2. The fourth-order valence-electron chi connectivity index (χ4n) is 1.73. The molecule has 0 saturated carbocycles. The van der Waals surface area contributed by atoms with E-state index in [0.717, 1.165) is 17.7 Å². The average molecular weight is 277 g/mol. The molecule has 1 heterocycles. The third-order valence-corrected chi connectivity index (χ3v) is 3.05. The van der Waals surface area contributed by atoms with Crippen molar-refractivity contribution in [3.8, 4) is 0 Å². The van der Waals surface area contributed by atoms with Gasteiger partial charge in [-0.2, -0.15) is 0 Å². The van der Waals surface area contributed by atoms with Gasteiger partial charge in [-0.3, -0.25) is 9.59 Å². The molecule has 1 amide bonds. The molecule has 0 saturated heterocycles. The molecule has 1 aromatic carbocycles. The number of para-hydroxylation sites is 1. The van der Waals surface area contributed by atoms with Gasteiger partial charge in [-0.15, -0.1) is 0 Å². The smallest absolute Gasteiger partial charge is 0.266 e. The normalized spacial score (nSPS) is 10.2. The predicted octanol–water partition coefficient (Wildman–Crippen LogP) is 2.84. The Morgan fingerprint density at radius 1 is 1.37 bits per heavy atom. The fourth-order valence-corrected chi connectivity index (χ4v) is 1.90. The van der Waals surface area contributed by atoms with Crippen molar-refractivity contribution in [2.75, 3.05) is 5.32 Å². The maximum absolute atomic E-state index is 12.1. The van der Waals surface area contributed by atoms with Gasteiger partial charge in [-0.25, -0.2) is 0 Å². The van der Waals surface area contributed by atoms with Crippen LogP contribution in [0.25, 0.3) is 0 Å². The van der Waals surface area contributed by atoms with E-state index >= 15 is 0 Å². The summed E-state index contributed by atoms with van der Waals surface area (Å²) in [7, 11) is 0. The monoisotopic (exact) mass is 276 g/mol. The lowest BCUT2D eigenvalue weighted by atomic mass is 10.1. The lowest BCUT2D eigenvalue weighted by Crippen LogP contribution is -2.16. The van der Waals surface area contributed by atoms with Crippen LogP contribution in [0.4, 0.5) is 5.69 Å². The van der Waals surface area contributed by atoms with E-state index in [1.54, 1.807) is 0 Å². The molecular weight excluding hydrogens is 264 g/mol. The van der Waals surface area contributed by atoms with E-state index in [9.17, 15) is 9.59 Å². The molecule has 2 aromatic rings. The van der Waals surface area contributed by atoms with E-state index in [2.05, 4.69) is 10.3 Å². The molecule has 2 N–H and O–H groups in total. The Balaban J connectivity index is 2.25. The Bertz CT molecular complexity index is 664. The summed E-state index contributed by atoms with van der Waals surface area (Å²) in [4.78, 5) is 25.6. The SMILES string of the molecule is CCc1ccccc1NC(=O)c1c[nH]c(=O)c(Cl)c1. The van der Waals surface area contributed by atoms with Crippen LogP contribution < -0.4 is 10.9 Å². The second-order valence-corrected chi connectivity index (χ2v) is 4.44. The maximum atomic E-state index is 12.1. The van der Waals surface area contributed by atoms with Crippen LogP contribution in [0.15, 0.2) is 41.3 Å². The number of aromatic nitrogens is 1. The summed E-state index contributed by atoms with van der Waals surface area (Å²) < 4.78 is 0. The molecule has 0 unspecified atom stereocenters. The van der Waals surface area contributed by atoms with Gasteiger partial charge in [0.05, 0.1) is 5.56 Å². The van der Waals surface area contributed by atoms with E-state index in [1.165, 1.54) is 12.3 Å². The first kappa shape index (κ1) is 13.4. The largest absolute Gasteiger partial charge is 0.327 e. The van der Waals surface area contributed by atoms with Crippen LogP contribution in [0.1, 0.15) is 22.8 Å². The average Bonchev–Trinajstić information content (AvgIpc) is 2.42. The van der Waals surface area contributed by atoms with Gasteiger partial charge in [0.15, 0.2) is 0 Å². The first-order valence-corrected chi connectivity index (χ1v) is 6.27. The molecule has 0 aliphatic heterocycles. The summed E-state index contributed by atoms with van der Waals surface area (Å²) in [6.07, 6.45) is 2.17. The van der Waals surface area contributed by atoms with Crippen molar-refractivity contribution in [3.63, 3.8) is 0 Å². The highest BCUT2D eigenvalue weighted by molar-refractivity contribution is 6.30. The number of hydrogen-bond acceptors (Lipinski definition) is 2. The molecule has 98 valence electrons. The number of hydrogen-bond donors (Lipinski definition) is 2. The number of carbonyl (C=O) groups excluding carboxylic acids is 1. The molecule has 0 atom stereocenters. The van der Waals surface area contributed by atoms with Gasteiger partial charge in [-0.05, 0) is 24.1 Å². The molecule has 4 nitrogen and oxygen atoms in total. The number of pyridine rings is 1. The molecule has 19 heavy (non-hydrogen) atoms. The minimum Gasteiger partial charge on any atom is -0.327 e. The Kier molecular flexibility index (Phi) is 4.02. The van der Waals surface area contributed by atoms with Crippen molar-refractivity contribution in [2.45, 2.75) is 13.3 Å². The Morgan fingerprint density at radius 2 is 2.11 bits per heavy atom. The molecule has 0 aliphatic rings. The van der Waals surface area contributed by atoms with E-state index in [-0.39, 0.29) is 10.9 Å². The number of amides is 1. The third-order valence-electron chi connectivity index (χ3n) is 2.77. The third kappa shape index (κ3) is 3.03. The molecule has 0 bridgehead atoms. The summed E-state index contributed by atoms with van der Waals surface area (Å²) in [6.45, 7) is 2.02. The van der Waals surface area contributed by atoms with E-state index in [4.69, 9.17) is 11.6 Å². The second-order valence-electron chi connectivity index (χ2n) is 4.03. The number of halogens is 1. The lowest BCUT2D eigenvalue weighted by molar-refractivity contribution is 0.102. The van der Waals surface area contributed by atoms with E-state index in [1.807, 2.05) is 31.2 Å². The highest BCUT2D eigenvalue weighted by Crippen LogP contribution is 2.16. The zero-order chi connectivity index (χ0) is 13.8. The molecule has 2 rings (SSSR count). The number of rotatable bonds is 3. The molecule has 0 aliphatic carbocycles. The number of H-pyrrole nitrogens is 1. The van der Waals surface area contributed by atoms with Crippen LogP contribution >= 0.6 is 11.6 Å².